The molecule has 0 unspecified atom stereocenters. The van der Waals surface area contributed by atoms with Gasteiger partial charge in [-0.25, -0.2) is 15.0 Å². The first-order valence-electron chi connectivity index (χ1n) is 18.4. The number of aromatic nitrogens is 9. The van der Waals surface area contributed by atoms with Crippen molar-refractivity contribution in [3.63, 3.8) is 0 Å². The van der Waals surface area contributed by atoms with Crippen LogP contribution in [0.25, 0.3) is 101 Å². The highest BCUT2D eigenvalue weighted by atomic mass is 35.5. The number of imidazole rings is 1. The molecule has 5 aromatic heterocycles. The molecule has 5 heterocycles. The predicted molar refractivity (Wildman–Crippen MR) is 226 cm³/mol. The topological polar surface area (TPSA) is 99.6 Å². The van der Waals surface area contributed by atoms with Crippen LogP contribution >= 0.6 is 11.6 Å². The lowest BCUT2D eigenvalue weighted by molar-refractivity contribution is 0.953. The van der Waals surface area contributed by atoms with Crippen LogP contribution in [0.15, 0.2) is 170 Å². The van der Waals surface area contributed by atoms with Crippen molar-refractivity contribution >= 4 is 50.1 Å². The Hall–Kier alpha value is -7.62. The molecule has 9 nitrogen and oxygen atoms in total. The lowest BCUT2D eigenvalue weighted by Crippen LogP contribution is -2.06. The molecule has 11 rings (SSSR count). The number of pyridine rings is 1. The van der Waals surface area contributed by atoms with E-state index in [9.17, 15) is 0 Å². The van der Waals surface area contributed by atoms with Gasteiger partial charge in [0.25, 0.3) is 0 Å². The van der Waals surface area contributed by atoms with Crippen LogP contribution in [0.5, 0.6) is 0 Å². The molecule has 0 aliphatic heterocycles. The fraction of sp³-hybridized carbons (Fsp3) is 0. The summed E-state index contributed by atoms with van der Waals surface area (Å²) in [4.78, 5) is 34.0. The molecular formula is C47H28ClN9. The number of hydrogen-bond donors (Lipinski definition) is 0. The van der Waals surface area contributed by atoms with Crippen LogP contribution in [-0.2, 0) is 0 Å². The molecule has 6 aromatic carbocycles. The first kappa shape index (κ1) is 32.8. The van der Waals surface area contributed by atoms with Crippen LogP contribution in [0.1, 0.15) is 0 Å². The van der Waals surface area contributed by atoms with E-state index in [2.05, 4.69) is 61.4 Å². The first-order valence-corrected chi connectivity index (χ1v) is 18.8. The third kappa shape index (κ3) is 5.76. The summed E-state index contributed by atoms with van der Waals surface area (Å²) in [6.45, 7) is 0. The van der Waals surface area contributed by atoms with E-state index in [1.54, 1.807) is 0 Å². The molecule has 10 heteroatoms. The quantitative estimate of drug-likeness (QED) is 0.167. The maximum Gasteiger partial charge on any atom is 0.238 e. The van der Waals surface area contributed by atoms with Crippen LogP contribution < -0.4 is 0 Å². The van der Waals surface area contributed by atoms with Crippen LogP contribution in [0, 0.1) is 0 Å². The lowest BCUT2D eigenvalue weighted by atomic mass is 10.0. The molecule has 57 heavy (non-hydrogen) atoms. The van der Waals surface area contributed by atoms with Gasteiger partial charge in [-0.15, -0.1) is 0 Å². The number of halogens is 1. The van der Waals surface area contributed by atoms with Crippen LogP contribution in [-0.4, -0.2) is 43.9 Å². The zero-order chi connectivity index (χ0) is 37.9. The van der Waals surface area contributed by atoms with E-state index in [0.29, 0.717) is 29.2 Å². The summed E-state index contributed by atoms with van der Waals surface area (Å²) in [5.74, 6) is 2.72. The molecule has 0 aliphatic carbocycles. The van der Waals surface area contributed by atoms with Crippen molar-refractivity contribution in [3.8, 4) is 62.6 Å². The number of rotatable bonds is 6. The Labute approximate surface area is 330 Å². The van der Waals surface area contributed by atoms with Gasteiger partial charge in [-0.1, -0.05) is 121 Å². The lowest BCUT2D eigenvalue weighted by Gasteiger charge is -2.11. The van der Waals surface area contributed by atoms with E-state index in [0.717, 1.165) is 71.9 Å². The highest BCUT2D eigenvalue weighted by Gasteiger charge is 2.21. The summed E-state index contributed by atoms with van der Waals surface area (Å²) < 4.78 is 4.26. The van der Waals surface area contributed by atoms with Gasteiger partial charge < -0.3 is 0 Å². The summed E-state index contributed by atoms with van der Waals surface area (Å²) >= 11 is 6.45. The molecular weight excluding hydrogens is 726 g/mol. The molecule has 0 aliphatic rings. The van der Waals surface area contributed by atoms with Crippen molar-refractivity contribution in [2.45, 2.75) is 0 Å². The van der Waals surface area contributed by atoms with Gasteiger partial charge >= 0.3 is 0 Å². The van der Waals surface area contributed by atoms with E-state index < -0.39 is 0 Å². The average molecular weight is 754 g/mol. The standard InChI is InChI=1S/C47H28ClN9/c48-46-52-42(29-13-4-1-5-14-29)50-45(53-46)34-20-12-19-32(25-34)33-22-23-38-35(26-33)36-27-37-40(56-24-11-10-21-41(56)49-37)28-39(36)57(38)47-54-43(30-15-6-2-7-16-30)51-44(55-47)31-17-8-3-9-18-31/h1-28H. The zero-order valence-electron chi connectivity index (χ0n) is 30.1. The number of hydrogen-bond acceptors (Lipinski definition) is 7. The number of benzene rings is 6. The van der Waals surface area contributed by atoms with E-state index in [1.165, 1.54) is 0 Å². The van der Waals surface area contributed by atoms with Crippen molar-refractivity contribution in [1.29, 1.82) is 0 Å². The smallest absolute Gasteiger partial charge is 0.238 e. The maximum atomic E-state index is 6.45. The molecule has 0 atom stereocenters. The van der Waals surface area contributed by atoms with Crippen molar-refractivity contribution in [2.24, 2.45) is 0 Å². The summed E-state index contributed by atoms with van der Waals surface area (Å²) in [5, 5.41) is 2.20. The van der Waals surface area contributed by atoms with Gasteiger partial charge in [0.15, 0.2) is 23.3 Å². The number of nitrogens with zero attached hydrogens (tertiary/aromatic N) is 9. The fourth-order valence-corrected chi connectivity index (χ4v) is 7.66. The first-order chi connectivity index (χ1) is 28.1. The minimum atomic E-state index is 0.140. The molecule has 0 radical (unpaired) electrons. The van der Waals surface area contributed by atoms with Gasteiger partial charge in [-0.05, 0) is 65.2 Å². The predicted octanol–water partition coefficient (Wildman–Crippen LogP) is 10.9. The van der Waals surface area contributed by atoms with E-state index in [-0.39, 0.29) is 5.28 Å². The molecule has 0 saturated carbocycles. The van der Waals surface area contributed by atoms with E-state index >= 15 is 0 Å². The van der Waals surface area contributed by atoms with Crippen LogP contribution in [0.2, 0.25) is 5.28 Å². The largest absolute Gasteiger partial charge is 0.300 e. The van der Waals surface area contributed by atoms with Crippen molar-refractivity contribution in [3.05, 3.63) is 175 Å². The van der Waals surface area contributed by atoms with Crippen molar-refractivity contribution < 1.29 is 0 Å². The zero-order valence-corrected chi connectivity index (χ0v) is 30.8. The summed E-state index contributed by atoms with van der Waals surface area (Å²) in [6, 6.07) is 54.9. The number of fused-ring (bicyclic) bond motifs is 6. The Kier molecular flexibility index (Phi) is 7.65. The third-order valence-electron chi connectivity index (χ3n) is 10.2. The molecule has 0 amide bonds. The molecule has 11 aromatic rings. The van der Waals surface area contributed by atoms with E-state index in [4.69, 9.17) is 36.5 Å². The van der Waals surface area contributed by atoms with Gasteiger partial charge in [0, 0.05) is 39.2 Å². The maximum absolute atomic E-state index is 6.45. The van der Waals surface area contributed by atoms with Gasteiger partial charge in [-0.3, -0.25) is 8.97 Å². The molecule has 268 valence electrons. The van der Waals surface area contributed by atoms with Crippen molar-refractivity contribution in [2.75, 3.05) is 0 Å². The SMILES string of the molecule is Clc1nc(-c2ccccc2)nc(-c2cccc(-c3ccc4c(c3)c3cc5nc6ccccn6c5cc3n4-c3nc(-c4ccccc4)nc(-c4ccccc4)n3)c2)n1. The molecule has 0 spiro atoms. The van der Waals surface area contributed by atoms with E-state index in [1.807, 2.05) is 128 Å². The second-order valence-corrected chi connectivity index (χ2v) is 14.0. The Morgan fingerprint density at radius 2 is 0.912 bits per heavy atom. The monoisotopic (exact) mass is 753 g/mol. The van der Waals surface area contributed by atoms with Crippen molar-refractivity contribution in [1.82, 2.24) is 43.9 Å². The average Bonchev–Trinajstić information content (AvgIpc) is 3.80. The van der Waals surface area contributed by atoms with Gasteiger partial charge in [0.2, 0.25) is 11.2 Å². The second kappa shape index (κ2) is 13.3. The van der Waals surface area contributed by atoms with Crippen LogP contribution in [0.4, 0.5) is 0 Å². The molecule has 0 fully saturated rings. The third-order valence-corrected chi connectivity index (χ3v) is 10.3. The van der Waals surface area contributed by atoms with Gasteiger partial charge in [0.05, 0.1) is 22.1 Å². The Morgan fingerprint density at radius 1 is 0.368 bits per heavy atom. The Balaban J connectivity index is 1.13. The summed E-state index contributed by atoms with van der Waals surface area (Å²) in [7, 11) is 0. The van der Waals surface area contributed by atoms with Gasteiger partial charge in [0.1, 0.15) is 5.65 Å². The second-order valence-electron chi connectivity index (χ2n) is 13.7. The Bertz CT molecular complexity index is 3250. The van der Waals surface area contributed by atoms with Crippen LogP contribution in [0.3, 0.4) is 0 Å². The minimum Gasteiger partial charge on any atom is -0.300 e. The highest BCUT2D eigenvalue weighted by molar-refractivity contribution is 6.28. The van der Waals surface area contributed by atoms with Gasteiger partial charge in [-0.2, -0.15) is 19.9 Å². The highest BCUT2D eigenvalue weighted by Crippen LogP contribution is 2.38. The Morgan fingerprint density at radius 3 is 1.58 bits per heavy atom. The molecule has 0 N–H and O–H groups in total. The minimum absolute atomic E-state index is 0.140. The normalized spacial score (nSPS) is 11.6. The molecule has 0 bridgehead atoms. The summed E-state index contributed by atoms with van der Waals surface area (Å²) in [5.41, 5.74) is 10.2. The molecule has 0 saturated heterocycles. The fourth-order valence-electron chi connectivity index (χ4n) is 7.50. The summed E-state index contributed by atoms with van der Waals surface area (Å²) in [6.07, 6.45) is 2.04.